The van der Waals surface area contributed by atoms with Crippen molar-refractivity contribution >= 4 is 15.9 Å². The zero-order valence-corrected chi connectivity index (χ0v) is 10.5. The molecule has 0 radical (unpaired) electrons. The Kier molecular flexibility index (Phi) is 2.18. The fraction of sp³-hybridized carbons (Fsp3) is 0.727. The van der Waals surface area contributed by atoms with Crippen LogP contribution in [0.15, 0.2) is 11.6 Å². The first-order valence-electron chi connectivity index (χ1n) is 5.38. The molecule has 2 aliphatic rings. The molecular formula is C11H16O4S. The molecule has 0 aromatic heterocycles. The van der Waals surface area contributed by atoms with Crippen LogP contribution in [0.1, 0.15) is 33.6 Å². The SMILES string of the molecule is C/C=C1\C(=O)C2CCC1(S(=O)(=O)O)C2(C)C. The lowest BCUT2D eigenvalue weighted by Crippen LogP contribution is -2.46. The first-order valence-corrected chi connectivity index (χ1v) is 6.82. The van der Waals surface area contributed by atoms with E-state index in [1.165, 1.54) is 6.08 Å². The summed E-state index contributed by atoms with van der Waals surface area (Å²) in [5, 5.41) is 0. The van der Waals surface area contributed by atoms with E-state index in [-0.39, 0.29) is 17.3 Å². The predicted molar refractivity (Wildman–Crippen MR) is 59.5 cm³/mol. The van der Waals surface area contributed by atoms with Crippen LogP contribution in [0.25, 0.3) is 0 Å². The molecule has 1 N–H and O–H groups in total. The molecule has 4 nitrogen and oxygen atoms in total. The molecule has 2 rings (SSSR count). The lowest BCUT2D eigenvalue weighted by atomic mass is 9.80. The lowest BCUT2D eigenvalue weighted by molar-refractivity contribution is -0.119. The molecule has 0 aromatic rings. The Labute approximate surface area is 95.5 Å². The highest BCUT2D eigenvalue weighted by atomic mass is 32.2. The van der Waals surface area contributed by atoms with Crippen molar-refractivity contribution in [2.45, 2.75) is 38.4 Å². The van der Waals surface area contributed by atoms with Crippen molar-refractivity contribution in [3.05, 3.63) is 11.6 Å². The Morgan fingerprint density at radius 3 is 2.38 bits per heavy atom. The van der Waals surface area contributed by atoms with E-state index >= 15 is 0 Å². The monoisotopic (exact) mass is 244 g/mol. The average Bonchev–Trinajstić information content (AvgIpc) is 2.48. The number of hydrogen-bond acceptors (Lipinski definition) is 3. The third-order valence-corrected chi connectivity index (χ3v) is 6.27. The lowest BCUT2D eigenvalue weighted by Gasteiger charge is -2.34. The maximum absolute atomic E-state index is 12.0. The molecule has 5 heteroatoms. The van der Waals surface area contributed by atoms with Crippen LogP contribution < -0.4 is 0 Å². The van der Waals surface area contributed by atoms with E-state index in [4.69, 9.17) is 0 Å². The van der Waals surface area contributed by atoms with E-state index in [1.54, 1.807) is 20.8 Å². The van der Waals surface area contributed by atoms with Gasteiger partial charge < -0.3 is 0 Å². The highest BCUT2D eigenvalue weighted by molar-refractivity contribution is 7.87. The van der Waals surface area contributed by atoms with Crippen LogP contribution in [0, 0.1) is 11.3 Å². The van der Waals surface area contributed by atoms with E-state index in [0.717, 1.165) is 0 Å². The molecule has 0 aromatic carbocycles. The third kappa shape index (κ3) is 0.984. The molecule has 0 aliphatic heterocycles. The second kappa shape index (κ2) is 2.96. The van der Waals surface area contributed by atoms with Crippen molar-refractivity contribution in [2.24, 2.45) is 11.3 Å². The molecule has 0 heterocycles. The van der Waals surface area contributed by atoms with Gasteiger partial charge in [0.15, 0.2) is 5.78 Å². The molecule has 16 heavy (non-hydrogen) atoms. The van der Waals surface area contributed by atoms with Gasteiger partial charge in [-0.25, -0.2) is 0 Å². The molecule has 2 unspecified atom stereocenters. The molecule has 2 saturated carbocycles. The Morgan fingerprint density at radius 2 is 2.00 bits per heavy atom. The van der Waals surface area contributed by atoms with Gasteiger partial charge in [-0.3, -0.25) is 9.35 Å². The summed E-state index contributed by atoms with van der Waals surface area (Å²) >= 11 is 0. The van der Waals surface area contributed by atoms with Crippen LogP contribution >= 0.6 is 0 Å². The molecule has 2 fully saturated rings. The largest absolute Gasteiger partial charge is 0.294 e. The van der Waals surface area contributed by atoms with E-state index in [9.17, 15) is 17.8 Å². The Morgan fingerprint density at radius 1 is 1.44 bits per heavy atom. The third-order valence-electron chi connectivity index (χ3n) is 4.44. The topological polar surface area (TPSA) is 71.4 Å². The minimum absolute atomic E-state index is 0.114. The summed E-state index contributed by atoms with van der Waals surface area (Å²) in [5.74, 6) is -0.392. The van der Waals surface area contributed by atoms with Crippen molar-refractivity contribution in [2.75, 3.05) is 0 Å². The quantitative estimate of drug-likeness (QED) is 0.561. The van der Waals surface area contributed by atoms with Crippen molar-refractivity contribution < 1.29 is 17.8 Å². The number of carbonyl (C=O) groups excluding carboxylic acids is 1. The van der Waals surface area contributed by atoms with Gasteiger partial charge >= 0.3 is 0 Å². The molecular weight excluding hydrogens is 228 g/mol. The highest BCUT2D eigenvalue weighted by Gasteiger charge is 2.71. The maximum atomic E-state index is 12.0. The Balaban J connectivity index is 2.80. The Bertz CT molecular complexity index is 486. The summed E-state index contributed by atoms with van der Waals surface area (Å²) in [5.41, 5.74) is -0.435. The van der Waals surface area contributed by atoms with Crippen molar-refractivity contribution in [1.82, 2.24) is 0 Å². The Hall–Kier alpha value is -0.680. The summed E-state index contributed by atoms with van der Waals surface area (Å²) in [6, 6.07) is 0. The normalized spacial score (nSPS) is 39.6. The number of ketones is 1. The first kappa shape index (κ1) is 11.8. The molecule has 0 spiro atoms. The van der Waals surface area contributed by atoms with Gasteiger partial charge in [-0.05, 0) is 19.8 Å². The zero-order chi connectivity index (χ0) is 12.4. The fourth-order valence-electron chi connectivity index (χ4n) is 3.62. The van der Waals surface area contributed by atoms with E-state index in [2.05, 4.69) is 0 Å². The van der Waals surface area contributed by atoms with Gasteiger partial charge in [0.2, 0.25) is 0 Å². The smallest absolute Gasteiger partial charge is 0.275 e. The number of hydrogen-bond donors (Lipinski definition) is 1. The van der Waals surface area contributed by atoms with Crippen LogP contribution in [-0.4, -0.2) is 23.5 Å². The molecule has 0 amide bonds. The number of allylic oxidation sites excluding steroid dienone is 1. The van der Waals surface area contributed by atoms with Crippen LogP contribution in [0.2, 0.25) is 0 Å². The second-order valence-corrected chi connectivity index (χ2v) is 6.83. The minimum Gasteiger partial charge on any atom is -0.294 e. The van der Waals surface area contributed by atoms with Gasteiger partial charge in [-0.1, -0.05) is 19.9 Å². The van der Waals surface area contributed by atoms with Crippen molar-refractivity contribution in [1.29, 1.82) is 0 Å². The van der Waals surface area contributed by atoms with Crippen LogP contribution in [0.3, 0.4) is 0 Å². The summed E-state index contributed by atoms with van der Waals surface area (Å²) in [4.78, 5) is 12.0. The van der Waals surface area contributed by atoms with Crippen LogP contribution in [0.5, 0.6) is 0 Å². The van der Waals surface area contributed by atoms with Gasteiger partial charge in [0, 0.05) is 16.9 Å². The number of fused-ring (bicyclic) bond motifs is 2. The maximum Gasteiger partial charge on any atom is 0.275 e. The molecule has 0 saturated heterocycles. The number of rotatable bonds is 1. The van der Waals surface area contributed by atoms with Crippen LogP contribution in [0.4, 0.5) is 0 Å². The fourth-order valence-corrected chi connectivity index (χ4v) is 5.29. The van der Waals surface area contributed by atoms with Crippen molar-refractivity contribution in [3.8, 4) is 0 Å². The van der Waals surface area contributed by atoms with Gasteiger partial charge in [-0.2, -0.15) is 8.42 Å². The van der Waals surface area contributed by atoms with Gasteiger partial charge in [0.05, 0.1) is 0 Å². The summed E-state index contributed by atoms with van der Waals surface area (Å²) < 4.78 is 31.6. The zero-order valence-electron chi connectivity index (χ0n) is 9.65. The average molecular weight is 244 g/mol. The van der Waals surface area contributed by atoms with Gasteiger partial charge in [0.25, 0.3) is 10.1 Å². The molecule has 2 bridgehead atoms. The molecule has 90 valence electrons. The van der Waals surface area contributed by atoms with Crippen LogP contribution in [-0.2, 0) is 14.9 Å². The molecule has 2 aliphatic carbocycles. The summed E-state index contributed by atoms with van der Waals surface area (Å²) in [7, 11) is -4.26. The number of carbonyl (C=O) groups is 1. The standard InChI is InChI=1S/C11H16O4S/c1-4-7-9(12)8-5-6-11(7,10(8,2)3)16(13,14)15/h4,8H,5-6H2,1-3H3,(H,13,14,15)/b7-4+. The van der Waals surface area contributed by atoms with E-state index in [1.807, 2.05) is 0 Å². The van der Waals surface area contributed by atoms with E-state index in [0.29, 0.717) is 12.8 Å². The highest BCUT2D eigenvalue weighted by Crippen LogP contribution is 2.64. The number of Topliss-reactive ketones (excluding diaryl/α,β-unsaturated/α-hetero) is 1. The van der Waals surface area contributed by atoms with Gasteiger partial charge in [0.1, 0.15) is 4.75 Å². The molecule has 2 atom stereocenters. The second-order valence-electron chi connectivity index (χ2n) is 5.18. The predicted octanol–water partition coefficient (Wildman–Crippen LogP) is 1.58. The summed E-state index contributed by atoms with van der Waals surface area (Å²) in [6.07, 6.45) is 2.43. The van der Waals surface area contributed by atoms with Crippen molar-refractivity contribution in [3.63, 3.8) is 0 Å². The first-order chi connectivity index (χ1) is 7.20. The van der Waals surface area contributed by atoms with E-state index < -0.39 is 20.3 Å². The summed E-state index contributed by atoms with van der Waals surface area (Å²) in [6.45, 7) is 5.16. The van der Waals surface area contributed by atoms with Gasteiger partial charge in [-0.15, -0.1) is 0 Å². The minimum atomic E-state index is -4.26.